The number of nitrogens with two attached hydrogens (primary N) is 1. The van der Waals surface area contributed by atoms with Crippen molar-refractivity contribution in [2.45, 2.75) is 38.8 Å². The predicted molar refractivity (Wildman–Crippen MR) is 89.1 cm³/mol. The number of likely N-dealkylation sites (N-methyl/N-ethyl adjacent to an activating group) is 2. The van der Waals surface area contributed by atoms with Gasteiger partial charge in [0.05, 0.1) is 7.11 Å². The van der Waals surface area contributed by atoms with Gasteiger partial charge >= 0.3 is 0 Å². The molecule has 0 bridgehead atoms. The SMILES string of the molecule is CCN1CCCC1CN(C)c1cccc(OC)c1[C@H](C)N. The van der Waals surface area contributed by atoms with Crippen LogP contribution in [0.1, 0.15) is 38.3 Å². The third-order valence-electron chi connectivity index (χ3n) is 4.52. The average molecular weight is 291 g/mol. The van der Waals surface area contributed by atoms with Crippen LogP contribution in [0, 0.1) is 0 Å². The predicted octanol–water partition coefficient (Wildman–Crippen LogP) is 2.64. The quantitative estimate of drug-likeness (QED) is 0.875. The maximum absolute atomic E-state index is 6.17. The van der Waals surface area contributed by atoms with Gasteiger partial charge in [0.2, 0.25) is 0 Å². The van der Waals surface area contributed by atoms with Gasteiger partial charge < -0.3 is 15.4 Å². The Morgan fingerprint density at radius 3 is 2.86 bits per heavy atom. The van der Waals surface area contributed by atoms with E-state index in [1.165, 1.54) is 25.1 Å². The Bertz CT molecular complexity index is 461. The highest BCUT2D eigenvalue weighted by Crippen LogP contribution is 2.33. The molecule has 0 aliphatic carbocycles. The van der Waals surface area contributed by atoms with Crippen molar-refractivity contribution >= 4 is 5.69 Å². The Morgan fingerprint density at radius 2 is 2.24 bits per heavy atom. The van der Waals surface area contributed by atoms with E-state index in [0.29, 0.717) is 6.04 Å². The molecule has 0 aromatic heterocycles. The molecule has 0 amide bonds. The number of likely N-dealkylation sites (tertiary alicyclic amines) is 1. The van der Waals surface area contributed by atoms with Crippen LogP contribution in [-0.2, 0) is 0 Å². The molecule has 118 valence electrons. The Balaban J connectivity index is 2.20. The van der Waals surface area contributed by atoms with Crippen molar-refractivity contribution in [1.29, 1.82) is 0 Å². The lowest BCUT2D eigenvalue weighted by Gasteiger charge is -2.31. The van der Waals surface area contributed by atoms with E-state index in [9.17, 15) is 0 Å². The second-order valence-corrected chi connectivity index (χ2v) is 5.99. The smallest absolute Gasteiger partial charge is 0.125 e. The molecule has 1 aromatic rings. The summed E-state index contributed by atoms with van der Waals surface area (Å²) in [7, 11) is 3.87. The van der Waals surface area contributed by atoms with E-state index >= 15 is 0 Å². The van der Waals surface area contributed by atoms with Gasteiger partial charge in [0.15, 0.2) is 0 Å². The molecule has 1 fully saturated rings. The maximum Gasteiger partial charge on any atom is 0.125 e. The van der Waals surface area contributed by atoms with Crippen LogP contribution in [0.15, 0.2) is 18.2 Å². The summed E-state index contributed by atoms with van der Waals surface area (Å²) in [5.41, 5.74) is 8.46. The molecule has 0 spiro atoms. The van der Waals surface area contributed by atoms with Crippen LogP contribution in [0.4, 0.5) is 5.69 Å². The topological polar surface area (TPSA) is 41.7 Å². The van der Waals surface area contributed by atoms with Crippen LogP contribution in [0.5, 0.6) is 5.75 Å². The fourth-order valence-electron chi connectivity index (χ4n) is 3.43. The molecule has 1 saturated heterocycles. The lowest BCUT2D eigenvalue weighted by Crippen LogP contribution is -2.39. The molecule has 2 rings (SSSR count). The van der Waals surface area contributed by atoms with Crippen LogP contribution in [0.25, 0.3) is 0 Å². The fourth-order valence-corrected chi connectivity index (χ4v) is 3.43. The fraction of sp³-hybridized carbons (Fsp3) is 0.647. The van der Waals surface area contributed by atoms with Crippen molar-refractivity contribution in [3.63, 3.8) is 0 Å². The van der Waals surface area contributed by atoms with Gasteiger partial charge in [-0.05, 0) is 45.0 Å². The molecule has 4 heteroatoms. The largest absolute Gasteiger partial charge is 0.496 e. The summed E-state index contributed by atoms with van der Waals surface area (Å²) < 4.78 is 5.49. The van der Waals surface area contributed by atoms with E-state index in [1.54, 1.807) is 7.11 Å². The first kappa shape index (κ1) is 16.1. The van der Waals surface area contributed by atoms with Gasteiger partial charge in [0, 0.05) is 36.9 Å². The molecule has 2 atom stereocenters. The first-order valence-corrected chi connectivity index (χ1v) is 7.96. The van der Waals surface area contributed by atoms with Crippen LogP contribution in [-0.4, -0.2) is 44.7 Å². The van der Waals surface area contributed by atoms with Crippen molar-refractivity contribution < 1.29 is 4.74 Å². The van der Waals surface area contributed by atoms with Gasteiger partial charge in [-0.3, -0.25) is 4.90 Å². The van der Waals surface area contributed by atoms with Crippen molar-refractivity contribution in [2.24, 2.45) is 5.73 Å². The number of methoxy groups -OCH3 is 1. The number of anilines is 1. The normalized spacial score (nSPS) is 20.5. The average Bonchev–Trinajstić information content (AvgIpc) is 2.93. The molecule has 4 nitrogen and oxygen atoms in total. The van der Waals surface area contributed by atoms with E-state index in [4.69, 9.17) is 10.5 Å². The number of hydrogen-bond donors (Lipinski definition) is 1. The summed E-state index contributed by atoms with van der Waals surface area (Å²) >= 11 is 0. The lowest BCUT2D eigenvalue weighted by atomic mass is 10.0. The van der Waals surface area contributed by atoms with Crippen LogP contribution >= 0.6 is 0 Å². The number of hydrogen-bond acceptors (Lipinski definition) is 4. The highest BCUT2D eigenvalue weighted by molar-refractivity contribution is 5.60. The van der Waals surface area contributed by atoms with Gasteiger partial charge in [-0.2, -0.15) is 0 Å². The van der Waals surface area contributed by atoms with Gasteiger partial charge in [0.1, 0.15) is 5.75 Å². The molecule has 1 aromatic carbocycles. The number of ether oxygens (including phenoxy) is 1. The zero-order valence-electron chi connectivity index (χ0n) is 13.8. The molecule has 1 unspecified atom stereocenters. The minimum absolute atomic E-state index is 0.0375. The molecule has 1 heterocycles. The first-order chi connectivity index (χ1) is 10.1. The third kappa shape index (κ3) is 3.50. The monoisotopic (exact) mass is 291 g/mol. The standard InChI is InChI=1S/C17H29N3O/c1-5-20-11-7-8-14(20)12-19(3)15-9-6-10-16(21-4)17(15)13(2)18/h6,9-10,13-14H,5,7-8,11-12,18H2,1-4H3/t13-,14?/m0/s1. The second kappa shape index (κ2) is 7.14. The molecule has 0 saturated carbocycles. The molecule has 1 aliphatic rings. The van der Waals surface area contributed by atoms with Crippen molar-refractivity contribution in [3.05, 3.63) is 23.8 Å². The minimum atomic E-state index is -0.0375. The Hall–Kier alpha value is -1.26. The molecular weight excluding hydrogens is 262 g/mol. The van der Waals surface area contributed by atoms with Crippen LogP contribution < -0.4 is 15.4 Å². The van der Waals surface area contributed by atoms with E-state index in [-0.39, 0.29) is 6.04 Å². The van der Waals surface area contributed by atoms with E-state index in [1.807, 2.05) is 19.1 Å². The highest BCUT2D eigenvalue weighted by atomic mass is 16.5. The molecular formula is C17H29N3O. The maximum atomic E-state index is 6.17. The summed E-state index contributed by atoms with van der Waals surface area (Å²) in [4.78, 5) is 4.90. The molecule has 21 heavy (non-hydrogen) atoms. The van der Waals surface area contributed by atoms with Gasteiger partial charge in [-0.15, -0.1) is 0 Å². The zero-order chi connectivity index (χ0) is 15.4. The van der Waals surface area contributed by atoms with Crippen LogP contribution in [0.3, 0.4) is 0 Å². The van der Waals surface area contributed by atoms with Crippen molar-refractivity contribution in [2.75, 3.05) is 38.7 Å². The van der Waals surface area contributed by atoms with E-state index < -0.39 is 0 Å². The van der Waals surface area contributed by atoms with Crippen molar-refractivity contribution in [1.82, 2.24) is 4.90 Å². The first-order valence-electron chi connectivity index (χ1n) is 7.96. The zero-order valence-corrected chi connectivity index (χ0v) is 13.8. The van der Waals surface area contributed by atoms with Gasteiger partial charge in [-0.25, -0.2) is 0 Å². The Morgan fingerprint density at radius 1 is 1.48 bits per heavy atom. The molecule has 0 radical (unpaired) electrons. The summed E-state index contributed by atoms with van der Waals surface area (Å²) in [5, 5.41) is 0. The summed E-state index contributed by atoms with van der Waals surface area (Å²) in [6.07, 6.45) is 2.60. The van der Waals surface area contributed by atoms with Crippen LogP contribution in [0.2, 0.25) is 0 Å². The number of rotatable bonds is 6. The number of benzene rings is 1. The van der Waals surface area contributed by atoms with Gasteiger partial charge in [-0.1, -0.05) is 13.0 Å². The lowest BCUT2D eigenvalue weighted by molar-refractivity contribution is 0.270. The Kier molecular flexibility index (Phi) is 5.48. The summed E-state index contributed by atoms with van der Waals surface area (Å²) in [6.45, 7) is 7.67. The molecule has 1 aliphatic heterocycles. The molecule has 2 N–H and O–H groups in total. The highest BCUT2D eigenvalue weighted by Gasteiger charge is 2.25. The second-order valence-electron chi connectivity index (χ2n) is 5.99. The summed E-state index contributed by atoms with van der Waals surface area (Å²) in [5.74, 6) is 0.883. The summed E-state index contributed by atoms with van der Waals surface area (Å²) in [6, 6.07) is 6.79. The van der Waals surface area contributed by atoms with Crippen molar-refractivity contribution in [3.8, 4) is 5.75 Å². The van der Waals surface area contributed by atoms with Gasteiger partial charge in [0.25, 0.3) is 0 Å². The number of nitrogens with zero attached hydrogens (tertiary/aromatic N) is 2. The van der Waals surface area contributed by atoms with E-state index in [0.717, 1.165) is 24.4 Å². The minimum Gasteiger partial charge on any atom is -0.496 e. The van der Waals surface area contributed by atoms with E-state index in [2.05, 4.69) is 29.8 Å². The third-order valence-corrected chi connectivity index (χ3v) is 4.52. The Labute approximate surface area is 128 Å².